The van der Waals surface area contributed by atoms with Crippen molar-refractivity contribution in [3.05, 3.63) is 6.07 Å². The van der Waals surface area contributed by atoms with E-state index in [0.717, 1.165) is 6.42 Å². The summed E-state index contributed by atoms with van der Waals surface area (Å²) in [6, 6.07) is 1.74. The maximum absolute atomic E-state index is 5.52. The van der Waals surface area contributed by atoms with Gasteiger partial charge in [-0.25, -0.2) is 0 Å². The first-order valence-electron chi connectivity index (χ1n) is 5.21. The number of rotatable bonds is 6. The fraction of sp³-hybridized carbons (Fsp3) is 0.600. The zero-order valence-corrected chi connectivity index (χ0v) is 9.29. The van der Waals surface area contributed by atoms with Crippen LogP contribution in [0.5, 0.6) is 5.88 Å². The van der Waals surface area contributed by atoms with Crippen LogP contribution in [0.25, 0.3) is 0 Å². The molecule has 5 heteroatoms. The van der Waals surface area contributed by atoms with Gasteiger partial charge in [-0.15, -0.1) is 0 Å². The lowest BCUT2D eigenvalue weighted by atomic mass is 10.3. The summed E-state index contributed by atoms with van der Waals surface area (Å²) in [7, 11) is 1.78. The molecule has 0 fully saturated rings. The van der Waals surface area contributed by atoms with Gasteiger partial charge in [0.2, 0.25) is 11.8 Å². The van der Waals surface area contributed by atoms with E-state index in [1.54, 1.807) is 13.1 Å². The Labute approximate surface area is 90.1 Å². The lowest BCUT2D eigenvalue weighted by molar-refractivity contribution is 0.295. The van der Waals surface area contributed by atoms with Gasteiger partial charge in [0.1, 0.15) is 5.82 Å². The van der Waals surface area contributed by atoms with Gasteiger partial charge >= 0.3 is 0 Å². The van der Waals surface area contributed by atoms with Crippen LogP contribution in [-0.2, 0) is 0 Å². The van der Waals surface area contributed by atoms with E-state index in [2.05, 4.69) is 22.2 Å². The Bertz CT molecular complexity index is 303. The summed E-state index contributed by atoms with van der Waals surface area (Å²) >= 11 is 0. The highest BCUT2D eigenvalue weighted by molar-refractivity contribution is 5.41. The van der Waals surface area contributed by atoms with Crippen molar-refractivity contribution in [2.75, 3.05) is 24.7 Å². The number of nitrogens with one attached hydrogen (secondary N) is 1. The Hall–Kier alpha value is -1.52. The summed E-state index contributed by atoms with van der Waals surface area (Å²) in [5, 5.41) is 2.90. The number of nitrogens with zero attached hydrogens (tertiary/aromatic N) is 2. The Morgan fingerprint density at radius 2 is 2.20 bits per heavy atom. The van der Waals surface area contributed by atoms with E-state index in [9.17, 15) is 0 Å². The molecule has 5 nitrogen and oxygen atoms in total. The van der Waals surface area contributed by atoms with E-state index in [1.165, 1.54) is 12.8 Å². The molecule has 0 saturated carbocycles. The van der Waals surface area contributed by atoms with Crippen molar-refractivity contribution in [2.45, 2.75) is 26.2 Å². The van der Waals surface area contributed by atoms with E-state index in [-0.39, 0.29) is 5.95 Å². The van der Waals surface area contributed by atoms with Crippen LogP contribution in [0.3, 0.4) is 0 Å². The molecule has 0 aliphatic carbocycles. The highest BCUT2D eigenvalue weighted by Gasteiger charge is 2.01. The predicted molar refractivity (Wildman–Crippen MR) is 61.0 cm³/mol. The van der Waals surface area contributed by atoms with Crippen molar-refractivity contribution < 1.29 is 4.74 Å². The van der Waals surface area contributed by atoms with Crippen LogP contribution in [0.2, 0.25) is 0 Å². The van der Waals surface area contributed by atoms with Crippen LogP contribution < -0.4 is 15.8 Å². The second kappa shape index (κ2) is 6.06. The zero-order valence-electron chi connectivity index (χ0n) is 9.29. The highest BCUT2D eigenvalue weighted by atomic mass is 16.5. The molecule has 0 saturated heterocycles. The van der Waals surface area contributed by atoms with Crippen LogP contribution in [0, 0.1) is 0 Å². The van der Waals surface area contributed by atoms with E-state index in [1.807, 2.05) is 0 Å². The molecule has 0 bridgehead atoms. The standard InChI is InChI=1S/C10H18N4O/c1-3-4-5-6-15-9-7-8(12-2)13-10(11)14-9/h7H,3-6H2,1-2H3,(H3,11,12,13,14). The van der Waals surface area contributed by atoms with Crippen LogP contribution in [-0.4, -0.2) is 23.6 Å². The predicted octanol–water partition coefficient (Wildman–Crippen LogP) is 1.67. The van der Waals surface area contributed by atoms with Crippen molar-refractivity contribution in [3.8, 4) is 5.88 Å². The maximum Gasteiger partial charge on any atom is 0.225 e. The molecular formula is C10H18N4O. The first-order chi connectivity index (χ1) is 7.26. The first-order valence-corrected chi connectivity index (χ1v) is 5.21. The van der Waals surface area contributed by atoms with Crippen molar-refractivity contribution >= 4 is 11.8 Å². The molecule has 3 N–H and O–H groups in total. The summed E-state index contributed by atoms with van der Waals surface area (Å²) in [5.41, 5.74) is 5.52. The van der Waals surface area contributed by atoms with Gasteiger partial charge in [-0.3, -0.25) is 0 Å². The molecule has 0 aliphatic rings. The van der Waals surface area contributed by atoms with Crippen molar-refractivity contribution in [2.24, 2.45) is 0 Å². The third-order valence-corrected chi connectivity index (χ3v) is 1.97. The van der Waals surface area contributed by atoms with E-state index in [4.69, 9.17) is 10.5 Å². The first kappa shape index (κ1) is 11.6. The Morgan fingerprint density at radius 3 is 2.87 bits per heavy atom. The van der Waals surface area contributed by atoms with E-state index < -0.39 is 0 Å². The van der Waals surface area contributed by atoms with Gasteiger partial charge in [0, 0.05) is 13.1 Å². The highest BCUT2D eigenvalue weighted by Crippen LogP contribution is 2.14. The number of aromatic nitrogens is 2. The van der Waals surface area contributed by atoms with Gasteiger partial charge in [-0.2, -0.15) is 9.97 Å². The minimum Gasteiger partial charge on any atom is -0.477 e. The lowest BCUT2D eigenvalue weighted by Gasteiger charge is -2.06. The molecule has 84 valence electrons. The molecule has 0 amide bonds. The molecule has 15 heavy (non-hydrogen) atoms. The van der Waals surface area contributed by atoms with E-state index in [0.29, 0.717) is 18.3 Å². The molecule has 0 atom stereocenters. The molecule has 1 aromatic heterocycles. The van der Waals surface area contributed by atoms with Gasteiger partial charge < -0.3 is 15.8 Å². The van der Waals surface area contributed by atoms with Crippen LogP contribution in [0.15, 0.2) is 6.07 Å². The average molecular weight is 210 g/mol. The van der Waals surface area contributed by atoms with Crippen LogP contribution >= 0.6 is 0 Å². The smallest absolute Gasteiger partial charge is 0.225 e. The van der Waals surface area contributed by atoms with Crippen molar-refractivity contribution in [1.29, 1.82) is 0 Å². The second-order valence-electron chi connectivity index (χ2n) is 3.26. The fourth-order valence-electron chi connectivity index (χ4n) is 1.17. The normalized spacial score (nSPS) is 10.0. The number of nitrogens with two attached hydrogens (primary N) is 1. The zero-order chi connectivity index (χ0) is 11.1. The van der Waals surface area contributed by atoms with Crippen molar-refractivity contribution in [1.82, 2.24) is 9.97 Å². The van der Waals surface area contributed by atoms with Gasteiger partial charge in [-0.05, 0) is 6.42 Å². The summed E-state index contributed by atoms with van der Waals surface area (Å²) in [4.78, 5) is 7.96. The van der Waals surface area contributed by atoms with Gasteiger partial charge in [0.25, 0.3) is 0 Å². The van der Waals surface area contributed by atoms with Gasteiger partial charge in [0.05, 0.1) is 6.61 Å². The average Bonchev–Trinajstić information content (AvgIpc) is 2.23. The molecule has 0 aliphatic heterocycles. The third kappa shape index (κ3) is 4.01. The maximum atomic E-state index is 5.52. The molecule has 0 spiro atoms. The van der Waals surface area contributed by atoms with Gasteiger partial charge in [0.15, 0.2) is 0 Å². The molecule has 1 rings (SSSR count). The Morgan fingerprint density at radius 1 is 1.40 bits per heavy atom. The number of unbranched alkanes of at least 4 members (excludes halogenated alkanes) is 2. The number of ether oxygens (including phenoxy) is 1. The fourth-order valence-corrected chi connectivity index (χ4v) is 1.17. The molecule has 0 aromatic carbocycles. The molecule has 0 unspecified atom stereocenters. The lowest BCUT2D eigenvalue weighted by Crippen LogP contribution is -2.04. The Balaban J connectivity index is 2.49. The number of hydrogen-bond acceptors (Lipinski definition) is 5. The number of nitrogen functional groups attached to an aromatic ring is 1. The quantitative estimate of drug-likeness (QED) is 0.699. The summed E-state index contributed by atoms with van der Waals surface area (Å²) in [5.74, 6) is 1.43. The largest absolute Gasteiger partial charge is 0.477 e. The summed E-state index contributed by atoms with van der Waals surface area (Å²) in [6.45, 7) is 2.83. The topological polar surface area (TPSA) is 73.1 Å². The third-order valence-electron chi connectivity index (χ3n) is 1.97. The number of anilines is 2. The monoisotopic (exact) mass is 210 g/mol. The summed E-state index contributed by atoms with van der Waals surface area (Å²) < 4.78 is 5.46. The molecule has 0 radical (unpaired) electrons. The van der Waals surface area contributed by atoms with Crippen LogP contribution in [0.1, 0.15) is 26.2 Å². The molecule has 1 aromatic rings. The Kier molecular flexibility index (Phi) is 4.66. The van der Waals surface area contributed by atoms with E-state index >= 15 is 0 Å². The van der Waals surface area contributed by atoms with Crippen molar-refractivity contribution in [3.63, 3.8) is 0 Å². The minimum absolute atomic E-state index is 0.229. The van der Waals surface area contributed by atoms with Gasteiger partial charge in [-0.1, -0.05) is 19.8 Å². The molecular weight excluding hydrogens is 192 g/mol. The SMILES string of the molecule is CCCCCOc1cc(NC)nc(N)n1. The second-order valence-corrected chi connectivity index (χ2v) is 3.26. The molecule has 1 heterocycles. The van der Waals surface area contributed by atoms with Crippen LogP contribution in [0.4, 0.5) is 11.8 Å². The number of hydrogen-bond donors (Lipinski definition) is 2. The summed E-state index contributed by atoms with van der Waals surface area (Å²) in [6.07, 6.45) is 3.38. The minimum atomic E-state index is 0.229.